The van der Waals surface area contributed by atoms with Gasteiger partial charge in [-0.25, -0.2) is 4.68 Å². The molecule has 0 bridgehead atoms. The molecule has 9 heteroatoms. The van der Waals surface area contributed by atoms with Gasteiger partial charge in [-0.1, -0.05) is 51.6 Å². The summed E-state index contributed by atoms with van der Waals surface area (Å²) in [4.78, 5) is 12.5. The summed E-state index contributed by atoms with van der Waals surface area (Å²) >= 11 is 1.18. The largest absolute Gasteiger partial charge is 0.486 e. The van der Waals surface area contributed by atoms with E-state index in [1.165, 1.54) is 22.0 Å². The molecule has 1 aromatic heterocycles. The zero-order valence-electron chi connectivity index (χ0n) is 18.3. The minimum atomic E-state index is -0.938. The van der Waals surface area contributed by atoms with Crippen LogP contribution in [0, 0.1) is 17.2 Å². The number of ether oxygens (including phenoxy) is 1. The zero-order chi connectivity index (χ0) is 22.5. The van der Waals surface area contributed by atoms with Gasteiger partial charge in [0.2, 0.25) is 11.1 Å². The summed E-state index contributed by atoms with van der Waals surface area (Å²) in [5, 5.41) is 20.2. The van der Waals surface area contributed by atoms with Crippen LogP contribution in [0.15, 0.2) is 29.4 Å². The van der Waals surface area contributed by atoms with Gasteiger partial charge in [0.25, 0.3) is 0 Å². The number of aromatic nitrogens is 3. The molecule has 0 aliphatic rings. The first kappa shape index (κ1) is 23.5. The number of hydrogen-bond acceptors (Lipinski definition) is 7. The Morgan fingerprint density at radius 3 is 2.43 bits per heavy atom. The Morgan fingerprint density at radius 2 is 1.90 bits per heavy atom. The molecule has 1 aromatic carbocycles. The molecule has 2 rings (SSSR count). The SMILES string of the molecule is CC(C)c1ccc(OCc2nnc(S[C@H](C)C(=O)N[C@](C)(C#N)C(C)C)n2N)cc1. The van der Waals surface area contributed by atoms with Crippen molar-refractivity contribution in [3.8, 4) is 11.8 Å². The fraction of sp³-hybridized carbons (Fsp3) is 0.524. The highest BCUT2D eigenvalue weighted by atomic mass is 32.2. The number of nitrogen functional groups attached to an aromatic ring is 1. The van der Waals surface area contributed by atoms with Crippen molar-refractivity contribution in [2.75, 3.05) is 5.84 Å². The van der Waals surface area contributed by atoms with Crippen LogP contribution in [0.25, 0.3) is 0 Å². The van der Waals surface area contributed by atoms with E-state index in [0.29, 0.717) is 22.6 Å². The van der Waals surface area contributed by atoms with Gasteiger partial charge in [0.05, 0.1) is 11.3 Å². The number of benzene rings is 1. The third-order valence-electron chi connectivity index (χ3n) is 5.07. The van der Waals surface area contributed by atoms with Gasteiger partial charge in [-0.2, -0.15) is 5.26 Å². The number of rotatable bonds is 9. The zero-order valence-corrected chi connectivity index (χ0v) is 19.2. The van der Waals surface area contributed by atoms with Gasteiger partial charge in [0.15, 0.2) is 5.82 Å². The molecule has 0 fully saturated rings. The molecule has 30 heavy (non-hydrogen) atoms. The molecule has 162 valence electrons. The number of amides is 1. The number of carbonyl (C=O) groups is 1. The number of nitrogens with one attached hydrogen (secondary N) is 1. The van der Waals surface area contributed by atoms with Gasteiger partial charge < -0.3 is 15.9 Å². The molecule has 2 atom stereocenters. The second-order valence-electron chi connectivity index (χ2n) is 8.00. The van der Waals surface area contributed by atoms with E-state index in [0.717, 1.165) is 0 Å². The van der Waals surface area contributed by atoms with E-state index < -0.39 is 10.8 Å². The van der Waals surface area contributed by atoms with E-state index in [2.05, 4.69) is 35.4 Å². The lowest BCUT2D eigenvalue weighted by atomic mass is 9.90. The smallest absolute Gasteiger partial charge is 0.234 e. The van der Waals surface area contributed by atoms with Crippen molar-refractivity contribution in [3.63, 3.8) is 0 Å². The number of hydrogen-bond donors (Lipinski definition) is 2. The summed E-state index contributed by atoms with van der Waals surface area (Å²) in [5.41, 5.74) is 0.298. The quantitative estimate of drug-likeness (QED) is 0.463. The topological polar surface area (TPSA) is 119 Å². The Kier molecular flexibility index (Phi) is 7.73. The Labute approximate surface area is 182 Å². The third-order valence-corrected chi connectivity index (χ3v) is 6.13. The molecule has 1 amide bonds. The number of nitrogens with two attached hydrogens (primary N) is 1. The van der Waals surface area contributed by atoms with Gasteiger partial charge in [0, 0.05) is 0 Å². The molecular formula is C21H30N6O2S. The van der Waals surface area contributed by atoms with Crippen LogP contribution in [0.1, 0.15) is 58.8 Å². The van der Waals surface area contributed by atoms with Gasteiger partial charge in [-0.05, 0) is 43.4 Å². The van der Waals surface area contributed by atoms with Crippen molar-refractivity contribution in [2.45, 2.75) is 70.0 Å². The van der Waals surface area contributed by atoms with E-state index in [1.807, 2.05) is 38.1 Å². The van der Waals surface area contributed by atoms with E-state index in [9.17, 15) is 10.1 Å². The minimum Gasteiger partial charge on any atom is -0.486 e. The lowest BCUT2D eigenvalue weighted by molar-refractivity contribution is -0.121. The van der Waals surface area contributed by atoms with E-state index in [-0.39, 0.29) is 18.4 Å². The number of nitrogens with zero attached hydrogens (tertiary/aromatic N) is 4. The van der Waals surface area contributed by atoms with Crippen LogP contribution >= 0.6 is 11.8 Å². The van der Waals surface area contributed by atoms with Crippen molar-refractivity contribution in [1.29, 1.82) is 5.26 Å². The molecule has 0 saturated carbocycles. The van der Waals surface area contributed by atoms with Crippen molar-refractivity contribution in [2.24, 2.45) is 5.92 Å². The van der Waals surface area contributed by atoms with Crippen LogP contribution in [-0.2, 0) is 11.4 Å². The first-order chi connectivity index (χ1) is 14.1. The summed E-state index contributed by atoms with van der Waals surface area (Å²) in [5.74, 6) is 7.42. The molecule has 3 N–H and O–H groups in total. The van der Waals surface area contributed by atoms with E-state index in [4.69, 9.17) is 10.6 Å². The van der Waals surface area contributed by atoms with Crippen molar-refractivity contribution >= 4 is 17.7 Å². The molecule has 1 heterocycles. The fourth-order valence-electron chi connectivity index (χ4n) is 2.45. The van der Waals surface area contributed by atoms with Gasteiger partial charge in [0.1, 0.15) is 17.9 Å². The number of carbonyl (C=O) groups excluding carboxylic acids is 1. The highest BCUT2D eigenvalue weighted by Crippen LogP contribution is 2.24. The molecule has 0 radical (unpaired) electrons. The van der Waals surface area contributed by atoms with Gasteiger partial charge in [-0.15, -0.1) is 10.2 Å². The maximum Gasteiger partial charge on any atom is 0.234 e. The average molecular weight is 431 g/mol. The van der Waals surface area contributed by atoms with E-state index >= 15 is 0 Å². The summed E-state index contributed by atoms with van der Waals surface area (Å²) in [6.45, 7) is 11.7. The fourth-order valence-corrected chi connectivity index (χ4v) is 3.24. The first-order valence-corrected chi connectivity index (χ1v) is 10.8. The van der Waals surface area contributed by atoms with Crippen LogP contribution < -0.4 is 15.9 Å². The Bertz CT molecular complexity index is 903. The monoisotopic (exact) mass is 430 g/mol. The molecule has 0 aliphatic heterocycles. The predicted octanol–water partition coefficient (Wildman–Crippen LogP) is 3.23. The average Bonchev–Trinajstić information content (AvgIpc) is 3.05. The maximum atomic E-state index is 12.5. The molecule has 2 aromatic rings. The lowest BCUT2D eigenvalue weighted by Gasteiger charge is -2.28. The first-order valence-electron chi connectivity index (χ1n) is 9.89. The third kappa shape index (κ3) is 5.66. The Balaban J connectivity index is 1.97. The molecular weight excluding hydrogens is 400 g/mol. The molecule has 8 nitrogen and oxygen atoms in total. The van der Waals surface area contributed by atoms with Crippen LogP contribution in [0.2, 0.25) is 0 Å². The van der Waals surface area contributed by atoms with Crippen LogP contribution in [0.5, 0.6) is 5.75 Å². The molecule has 0 saturated heterocycles. The maximum absolute atomic E-state index is 12.5. The van der Waals surface area contributed by atoms with Crippen LogP contribution in [-0.4, -0.2) is 31.6 Å². The minimum absolute atomic E-state index is 0.0276. The normalized spacial score (nSPS) is 14.2. The standard InChI is InChI=1S/C21H30N6O2S/c1-13(2)16-7-9-17(10-8-16)29-11-18-25-26-20(27(18)23)30-15(5)19(28)24-21(6,12-22)14(3)4/h7-10,13-15H,11,23H2,1-6H3,(H,24,28)/t15-,21-/m1/s1. The number of thioether (sulfide) groups is 1. The van der Waals surface area contributed by atoms with Gasteiger partial charge in [-0.3, -0.25) is 4.79 Å². The molecule has 0 aliphatic carbocycles. The van der Waals surface area contributed by atoms with Crippen molar-refractivity contribution in [1.82, 2.24) is 20.2 Å². The summed E-state index contributed by atoms with van der Waals surface area (Å²) in [7, 11) is 0. The van der Waals surface area contributed by atoms with E-state index in [1.54, 1.807) is 13.8 Å². The number of nitriles is 1. The second-order valence-corrected chi connectivity index (χ2v) is 9.31. The van der Waals surface area contributed by atoms with Crippen molar-refractivity contribution < 1.29 is 9.53 Å². The highest BCUT2D eigenvalue weighted by Gasteiger charge is 2.32. The lowest BCUT2D eigenvalue weighted by Crippen LogP contribution is -2.51. The second kappa shape index (κ2) is 9.85. The Hall–Kier alpha value is -2.73. The Morgan fingerprint density at radius 1 is 1.27 bits per heavy atom. The van der Waals surface area contributed by atoms with Crippen LogP contribution in [0.4, 0.5) is 0 Å². The van der Waals surface area contributed by atoms with Crippen LogP contribution in [0.3, 0.4) is 0 Å². The van der Waals surface area contributed by atoms with Crippen molar-refractivity contribution in [3.05, 3.63) is 35.7 Å². The highest BCUT2D eigenvalue weighted by molar-refractivity contribution is 8.00. The molecule has 0 unspecified atom stereocenters. The summed E-state index contributed by atoms with van der Waals surface area (Å²) in [6, 6.07) is 10.1. The predicted molar refractivity (Wildman–Crippen MR) is 117 cm³/mol. The molecule has 0 spiro atoms. The van der Waals surface area contributed by atoms with Gasteiger partial charge >= 0.3 is 0 Å². The summed E-state index contributed by atoms with van der Waals surface area (Å²) in [6.07, 6.45) is 0. The summed E-state index contributed by atoms with van der Waals surface area (Å²) < 4.78 is 7.07.